The first-order valence-electron chi connectivity index (χ1n) is 20.6. The molecule has 14 atom stereocenters. The number of aliphatic hydroxyl groups is 3. The molecule has 0 radical (unpaired) electrons. The van der Waals surface area contributed by atoms with Crippen LogP contribution in [0.1, 0.15) is 80.2 Å². The third kappa shape index (κ3) is 11.7. The number of alkyl carbamates (subject to hydrolysis) is 1. The van der Waals surface area contributed by atoms with Gasteiger partial charge in [-0.2, -0.15) is 0 Å². The SMILES string of the molecule is C=C1COC2[C@@H](C)/C(=C/COC(=O)NCC#Cc3ccccc3)[C@H](C)C[C@@](C)(OC1)[C@H](OC1O[C@H](C)C[C@H](N(C)C)[C@H]1O)[C@@H](C)[C@H](O)[C@@H](C)C(=O)O[C@H](CC)[C@@]2(C)O. The molecule has 3 saturated heterocycles. The smallest absolute Gasteiger partial charge is 0.408 e. The quantitative estimate of drug-likeness (QED) is 0.172. The van der Waals surface area contributed by atoms with Gasteiger partial charge in [0, 0.05) is 23.4 Å². The fourth-order valence-electron chi connectivity index (χ4n) is 8.82. The molecule has 3 fully saturated rings. The van der Waals surface area contributed by atoms with Crippen molar-refractivity contribution in [3.63, 3.8) is 0 Å². The second-order valence-electron chi connectivity index (χ2n) is 17.1. The van der Waals surface area contributed by atoms with E-state index in [9.17, 15) is 24.9 Å². The minimum absolute atomic E-state index is 0.0167. The molecule has 3 heterocycles. The fourth-order valence-corrected chi connectivity index (χ4v) is 8.82. The van der Waals surface area contributed by atoms with Crippen molar-refractivity contribution < 1.29 is 53.3 Å². The molecule has 2 bridgehead atoms. The summed E-state index contributed by atoms with van der Waals surface area (Å²) in [7, 11) is 3.79. The summed E-state index contributed by atoms with van der Waals surface area (Å²) in [4.78, 5) is 28.6. The molecule has 3 aliphatic rings. The number of hydrogen-bond donors (Lipinski definition) is 4. The molecule has 3 aliphatic heterocycles. The van der Waals surface area contributed by atoms with Gasteiger partial charge in [0.2, 0.25) is 0 Å². The van der Waals surface area contributed by atoms with Crippen LogP contribution in [0, 0.1) is 35.5 Å². The highest BCUT2D eigenvalue weighted by molar-refractivity contribution is 5.73. The van der Waals surface area contributed by atoms with Gasteiger partial charge in [0.15, 0.2) is 6.29 Å². The summed E-state index contributed by atoms with van der Waals surface area (Å²) in [5.74, 6) is 2.61. The number of nitrogens with zero attached hydrogens (tertiary/aromatic N) is 1. The average molecular weight is 813 g/mol. The molecule has 1 amide bonds. The lowest BCUT2D eigenvalue weighted by molar-refractivity contribution is -0.303. The number of esters is 1. The van der Waals surface area contributed by atoms with Crippen molar-refractivity contribution in [3.05, 3.63) is 59.7 Å². The van der Waals surface area contributed by atoms with Crippen LogP contribution in [0.2, 0.25) is 0 Å². The van der Waals surface area contributed by atoms with Crippen molar-refractivity contribution in [1.29, 1.82) is 0 Å². The number of amides is 1. The molecule has 4 N–H and O–H groups in total. The maximum atomic E-state index is 13.9. The summed E-state index contributed by atoms with van der Waals surface area (Å²) in [5, 5.41) is 38.6. The third-order valence-electron chi connectivity index (χ3n) is 12.1. The maximum absolute atomic E-state index is 13.9. The molecular weight excluding hydrogens is 744 g/mol. The van der Waals surface area contributed by atoms with Crippen LogP contribution in [-0.2, 0) is 33.2 Å². The zero-order chi connectivity index (χ0) is 42.9. The Hall–Kier alpha value is -3.32. The van der Waals surface area contributed by atoms with Gasteiger partial charge in [-0.3, -0.25) is 4.79 Å². The molecule has 0 saturated carbocycles. The minimum atomic E-state index is -1.71. The second-order valence-corrected chi connectivity index (χ2v) is 17.1. The van der Waals surface area contributed by atoms with Crippen molar-refractivity contribution in [2.45, 2.75) is 135 Å². The Morgan fingerprint density at radius 3 is 2.41 bits per heavy atom. The van der Waals surface area contributed by atoms with Gasteiger partial charge in [0.25, 0.3) is 0 Å². The van der Waals surface area contributed by atoms with Crippen LogP contribution in [0.4, 0.5) is 4.79 Å². The summed E-state index contributed by atoms with van der Waals surface area (Å²) >= 11 is 0. The van der Waals surface area contributed by atoms with Crippen LogP contribution >= 0.6 is 0 Å². The number of nitrogens with one attached hydrogen (secondary N) is 1. The predicted octanol–water partition coefficient (Wildman–Crippen LogP) is 4.61. The highest BCUT2D eigenvalue weighted by Crippen LogP contribution is 2.43. The van der Waals surface area contributed by atoms with Crippen molar-refractivity contribution in [1.82, 2.24) is 10.2 Å². The van der Waals surface area contributed by atoms with E-state index < -0.39 is 77.8 Å². The summed E-state index contributed by atoms with van der Waals surface area (Å²) < 4.78 is 38.1. The number of cyclic esters (lactones) is 1. The molecule has 0 spiro atoms. The molecule has 4 rings (SSSR count). The standard InChI is InChI=1S/C45H68N2O11/c1-12-36-45(9,52)40-30(5)34(20-22-53-43(51)46-21-16-19-33-17-14-13-15-18-33)28(3)24-44(8,55-26-27(2)25-54-40)39(31(6)37(48)32(7)41(50)57-36)58-42-38(49)35(47(10)11)23-29(4)56-42/h13-15,17-18,20,28-32,35-40,42,48-49,52H,2,12,21-26H2,1,3-11H3,(H,46,51)/b34-20+/t28-,29-,30+,31+,32-,35+,36-,37+,38-,39-,40?,42?,44-,45-/m1/s1. The van der Waals surface area contributed by atoms with Crippen molar-refractivity contribution in [3.8, 4) is 11.8 Å². The van der Waals surface area contributed by atoms with Gasteiger partial charge >= 0.3 is 12.1 Å². The highest BCUT2D eigenvalue weighted by Gasteiger charge is 2.52. The second kappa shape index (κ2) is 20.8. The van der Waals surface area contributed by atoms with Crippen molar-refractivity contribution >= 4 is 12.1 Å². The summed E-state index contributed by atoms with van der Waals surface area (Å²) in [6.45, 7) is 18.8. The van der Waals surface area contributed by atoms with Gasteiger partial charge in [-0.1, -0.05) is 69.9 Å². The number of rotatable bonds is 7. The van der Waals surface area contributed by atoms with Crippen molar-refractivity contribution in [2.24, 2.45) is 23.7 Å². The zero-order valence-corrected chi connectivity index (χ0v) is 36.1. The topological polar surface area (TPSA) is 165 Å². The Kier molecular flexibility index (Phi) is 17.0. The Balaban J connectivity index is 1.78. The summed E-state index contributed by atoms with van der Waals surface area (Å²) in [5.41, 5.74) is -0.701. The van der Waals surface area contributed by atoms with Crippen LogP contribution < -0.4 is 5.32 Å². The first-order valence-corrected chi connectivity index (χ1v) is 20.6. The maximum Gasteiger partial charge on any atom is 0.408 e. The van der Waals surface area contributed by atoms with Gasteiger partial charge in [0.1, 0.15) is 24.4 Å². The number of benzene rings is 1. The minimum Gasteiger partial charge on any atom is -0.459 e. The van der Waals surface area contributed by atoms with E-state index in [1.807, 2.05) is 90.0 Å². The molecular formula is C45H68N2O11. The molecule has 0 aromatic heterocycles. The van der Waals surface area contributed by atoms with E-state index in [1.54, 1.807) is 20.8 Å². The third-order valence-corrected chi connectivity index (χ3v) is 12.1. The van der Waals surface area contributed by atoms with E-state index in [1.165, 1.54) is 0 Å². The highest BCUT2D eigenvalue weighted by atomic mass is 16.7. The Morgan fingerprint density at radius 1 is 1.07 bits per heavy atom. The van der Waals surface area contributed by atoms with E-state index in [0.717, 1.165) is 11.1 Å². The molecule has 58 heavy (non-hydrogen) atoms. The van der Waals surface area contributed by atoms with Crippen LogP contribution in [0.3, 0.4) is 0 Å². The van der Waals surface area contributed by atoms with Crippen LogP contribution in [0.25, 0.3) is 0 Å². The van der Waals surface area contributed by atoms with Crippen LogP contribution in [0.15, 0.2) is 54.1 Å². The number of likely N-dealkylation sites (N-methyl/N-ethyl adjacent to an activating group) is 1. The number of aliphatic hydroxyl groups excluding tert-OH is 2. The molecule has 13 nitrogen and oxygen atoms in total. The Bertz CT molecular complexity index is 1620. The van der Waals surface area contributed by atoms with Gasteiger partial charge in [-0.25, -0.2) is 4.79 Å². The van der Waals surface area contributed by atoms with E-state index in [-0.39, 0.29) is 50.8 Å². The summed E-state index contributed by atoms with van der Waals surface area (Å²) in [6, 6.07) is 9.18. The van der Waals surface area contributed by atoms with E-state index >= 15 is 0 Å². The fraction of sp³-hybridized carbons (Fsp3) is 0.689. The normalized spacial score (nSPS) is 38.7. The lowest BCUT2D eigenvalue weighted by atomic mass is 9.72. The largest absolute Gasteiger partial charge is 0.459 e. The van der Waals surface area contributed by atoms with Gasteiger partial charge in [0.05, 0.1) is 55.7 Å². The number of carbonyl (C=O) groups is 2. The lowest BCUT2D eigenvalue weighted by Gasteiger charge is -2.48. The van der Waals surface area contributed by atoms with E-state index in [2.05, 4.69) is 23.7 Å². The lowest BCUT2D eigenvalue weighted by Crippen LogP contribution is -2.60. The molecule has 0 aliphatic carbocycles. The van der Waals surface area contributed by atoms with Crippen molar-refractivity contribution in [2.75, 3.05) is 40.5 Å². The van der Waals surface area contributed by atoms with Gasteiger partial charge in [-0.05, 0) is 90.8 Å². The first-order chi connectivity index (χ1) is 27.3. The van der Waals surface area contributed by atoms with Gasteiger partial charge < -0.3 is 54.0 Å². The van der Waals surface area contributed by atoms with E-state index in [0.29, 0.717) is 18.4 Å². The first kappa shape index (κ1) is 47.4. The van der Waals surface area contributed by atoms with E-state index in [4.69, 9.17) is 28.4 Å². The summed E-state index contributed by atoms with van der Waals surface area (Å²) in [6.07, 6.45) is -4.22. The van der Waals surface area contributed by atoms with Crippen LogP contribution in [0.5, 0.6) is 0 Å². The monoisotopic (exact) mass is 812 g/mol. The van der Waals surface area contributed by atoms with Crippen LogP contribution in [-0.4, -0.2) is 133 Å². The number of fused-ring (bicyclic) bond motifs is 5. The van der Waals surface area contributed by atoms with Gasteiger partial charge in [-0.15, -0.1) is 0 Å². The molecule has 13 heteroatoms. The zero-order valence-electron chi connectivity index (χ0n) is 36.1. The average Bonchev–Trinajstić information content (AvgIpc) is 3.19. The molecule has 2 unspecified atom stereocenters. The molecule has 324 valence electrons. The Morgan fingerprint density at radius 2 is 1.76 bits per heavy atom. The number of carbonyl (C=O) groups excluding carboxylic acids is 2. The molecule has 1 aromatic rings. The molecule has 1 aromatic carbocycles. The Labute approximate surface area is 345 Å². The number of ether oxygens (including phenoxy) is 6. The predicted molar refractivity (Wildman–Crippen MR) is 219 cm³/mol. The number of hydrogen-bond acceptors (Lipinski definition) is 12.